The summed E-state index contributed by atoms with van der Waals surface area (Å²) >= 11 is 0. The predicted octanol–water partition coefficient (Wildman–Crippen LogP) is 2.55. The first-order valence-electron chi connectivity index (χ1n) is 10.5. The Labute approximate surface area is 168 Å². The number of amides is 1. The lowest BCUT2D eigenvalue weighted by Gasteiger charge is -2.54. The van der Waals surface area contributed by atoms with E-state index in [0.29, 0.717) is 24.7 Å². The van der Waals surface area contributed by atoms with E-state index >= 15 is 0 Å². The SMILES string of the molecule is CCOC1CC(NC(=NCc2ccccc2)NCC(=O)N(C)C)C12CCCC2. The number of hydrogen-bond acceptors (Lipinski definition) is 3. The summed E-state index contributed by atoms with van der Waals surface area (Å²) in [5.74, 6) is 0.746. The maximum atomic E-state index is 12.0. The Kier molecular flexibility index (Phi) is 6.94. The molecule has 6 nitrogen and oxygen atoms in total. The highest BCUT2D eigenvalue weighted by atomic mass is 16.5. The first-order chi connectivity index (χ1) is 13.5. The summed E-state index contributed by atoms with van der Waals surface area (Å²) in [6.07, 6.45) is 6.30. The number of aliphatic imine (C=N–C) groups is 1. The van der Waals surface area contributed by atoms with Gasteiger partial charge in [0.2, 0.25) is 5.91 Å². The molecule has 0 aliphatic heterocycles. The number of rotatable bonds is 7. The average Bonchev–Trinajstić information content (AvgIpc) is 3.22. The van der Waals surface area contributed by atoms with Gasteiger partial charge in [-0.25, -0.2) is 4.99 Å². The van der Waals surface area contributed by atoms with Crippen molar-refractivity contribution in [1.82, 2.24) is 15.5 Å². The summed E-state index contributed by atoms with van der Waals surface area (Å²) in [6.45, 7) is 3.66. The van der Waals surface area contributed by atoms with Crippen LogP contribution in [0.2, 0.25) is 0 Å². The first kappa shape index (κ1) is 20.6. The van der Waals surface area contributed by atoms with E-state index in [9.17, 15) is 4.79 Å². The molecule has 2 N–H and O–H groups in total. The molecule has 3 rings (SSSR count). The lowest BCUT2D eigenvalue weighted by Crippen LogP contribution is -2.65. The Bertz CT molecular complexity index is 668. The number of nitrogens with one attached hydrogen (secondary N) is 2. The van der Waals surface area contributed by atoms with Gasteiger partial charge in [0.05, 0.1) is 19.2 Å². The number of nitrogens with zero attached hydrogens (tertiary/aromatic N) is 2. The Morgan fingerprint density at radius 3 is 2.61 bits per heavy atom. The monoisotopic (exact) mass is 386 g/mol. The fraction of sp³-hybridized carbons (Fsp3) is 0.636. The van der Waals surface area contributed by atoms with Crippen molar-refractivity contribution in [2.45, 2.75) is 57.7 Å². The van der Waals surface area contributed by atoms with Crippen molar-refractivity contribution in [2.24, 2.45) is 10.4 Å². The van der Waals surface area contributed by atoms with Crippen LogP contribution in [0.25, 0.3) is 0 Å². The van der Waals surface area contributed by atoms with Crippen molar-refractivity contribution >= 4 is 11.9 Å². The zero-order valence-electron chi connectivity index (χ0n) is 17.4. The van der Waals surface area contributed by atoms with E-state index in [1.807, 2.05) is 18.2 Å². The van der Waals surface area contributed by atoms with Crippen molar-refractivity contribution in [3.05, 3.63) is 35.9 Å². The van der Waals surface area contributed by atoms with Gasteiger partial charge in [-0.2, -0.15) is 0 Å². The smallest absolute Gasteiger partial charge is 0.241 e. The van der Waals surface area contributed by atoms with Gasteiger partial charge in [0.25, 0.3) is 0 Å². The van der Waals surface area contributed by atoms with E-state index in [1.54, 1.807) is 19.0 Å². The molecular weight excluding hydrogens is 352 g/mol. The standard InChI is InChI=1S/C22H34N4O2/c1-4-28-19-14-18(22(19)12-8-9-13-22)25-21(24-16-20(27)26(2)3)23-15-17-10-6-5-7-11-17/h5-7,10-11,18-19H,4,8-9,12-16H2,1-3H3,(H2,23,24,25). The number of guanidine groups is 1. The van der Waals surface area contributed by atoms with Gasteiger partial charge >= 0.3 is 0 Å². The van der Waals surface area contributed by atoms with Gasteiger partial charge in [-0.05, 0) is 31.7 Å². The normalized spacial score (nSPS) is 23.3. The molecule has 2 saturated carbocycles. The number of carbonyl (C=O) groups is 1. The van der Waals surface area contributed by atoms with Crippen LogP contribution in [0.3, 0.4) is 0 Å². The lowest BCUT2D eigenvalue weighted by molar-refractivity contribution is -0.128. The zero-order valence-corrected chi connectivity index (χ0v) is 17.4. The van der Waals surface area contributed by atoms with Crippen LogP contribution in [0.4, 0.5) is 0 Å². The number of benzene rings is 1. The third-order valence-electron chi connectivity index (χ3n) is 6.17. The topological polar surface area (TPSA) is 66.0 Å². The minimum atomic E-state index is 0.0330. The third kappa shape index (κ3) is 4.66. The summed E-state index contributed by atoms with van der Waals surface area (Å²) in [6, 6.07) is 10.5. The lowest BCUT2D eigenvalue weighted by atomic mass is 9.60. The second-order valence-corrected chi connectivity index (χ2v) is 8.11. The summed E-state index contributed by atoms with van der Waals surface area (Å²) in [5, 5.41) is 6.86. The van der Waals surface area contributed by atoms with Crippen LogP contribution < -0.4 is 10.6 Å². The van der Waals surface area contributed by atoms with Gasteiger partial charge < -0.3 is 20.3 Å². The Hall–Kier alpha value is -2.08. The second kappa shape index (κ2) is 9.41. The highest BCUT2D eigenvalue weighted by Gasteiger charge is 2.56. The molecule has 1 aromatic rings. The van der Waals surface area contributed by atoms with E-state index in [-0.39, 0.29) is 17.9 Å². The molecule has 6 heteroatoms. The maximum Gasteiger partial charge on any atom is 0.241 e. The van der Waals surface area contributed by atoms with Crippen LogP contribution in [-0.4, -0.2) is 56.2 Å². The Balaban J connectivity index is 1.68. The van der Waals surface area contributed by atoms with Crippen molar-refractivity contribution in [1.29, 1.82) is 0 Å². The largest absolute Gasteiger partial charge is 0.378 e. The number of carbonyl (C=O) groups excluding carboxylic acids is 1. The summed E-state index contributed by atoms with van der Waals surface area (Å²) < 4.78 is 6.03. The van der Waals surface area contributed by atoms with Crippen molar-refractivity contribution in [2.75, 3.05) is 27.2 Å². The van der Waals surface area contributed by atoms with Crippen molar-refractivity contribution in [3.8, 4) is 0 Å². The molecule has 2 atom stereocenters. The van der Waals surface area contributed by atoms with Crippen LogP contribution in [-0.2, 0) is 16.1 Å². The van der Waals surface area contributed by atoms with Gasteiger partial charge in [0.1, 0.15) is 0 Å². The summed E-state index contributed by atoms with van der Waals surface area (Å²) in [5.41, 5.74) is 1.37. The molecule has 1 spiro atoms. The molecule has 1 amide bonds. The Morgan fingerprint density at radius 2 is 1.96 bits per heavy atom. The molecule has 0 aromatic heterocycles. The summed E-state index contributed by atoms with van der Waals surface area (Å²) in [4.78, 5) is 18.4. The maximum absolute atomic E-state index is 12.0. The molecule has 2 aliphatic rings. The van der Waals surface area contributed by atoms with E-state index in [2.05, 4.69) is 29.7 Å². The van der Waals surface area contributed by atoms with Crippen LogP contribution in [0, 0.1) is 5.41 Å². The van der Waals surface area contributed by atoms with E-state index < -0.39 is 0 Å². The molecule has 2 unspecified atom stereocenters. The molecule has 154 valence electrons. The van der Waals surface area contributed by atoms with Gasteiger partial charge in [-0.15, -0.1) is 0 Å². The van der Waals surface area contributed by atoms with Crippen molar-refractivity contribution in [3.63, 3.8) is 0 Å². The molecule has 0 saturated heterocycles. The van der Waals surface area contributed by atoms with Gasteiger partial charge in [0, 0.05) is 32.2 Å². The average molecular weight is 387 g/mol. The van der Waals surface area contributed by atoms with E-state index in [4.69, 9.17) is 9.73 Å². The van der Waals surface area contributed by atoms with Crippen LogP contribution in [0.1, 0.15) is 44.6 Å². The molecule has 1 aromatic carbocycles. The predicted molar refractivity (Wildman–Crippen MR) is 112 cm³/mol. The fourth-order valence-corrected chi connectivity index (χ4v) is 4.48. The van der Waals surface area contributed by atoms with Crippen LogP contribution in [0.15, 0.2) is 35.3 Å². The van der Waals surface area contributed by atoms with Crippen molar-refractivity contribution < 1.29 is 9.53 Å². The van der Waals surface area contributed by atoms with Gasteiger partial charge in [-0.3, -0.25) is 4.79 Å². The molecule has 2 fully saturated rings. The highest BCUT2D eigenvalue weighted by molar-refractivity contribution is 5.86. The van der Waals surface area contributed by atoms with Crippen LogP contribution >= 0.6 is 0 Å². The quantitative estimate of drug-likeness (QED) is 0.558. The summed E-state index contributed by atoms with van der Waals surface area (Å²) in [7, 11) is 3.54. The number of likely N-dealkylation sites (N-methyl/N-ethyl adjacent to an activating group) is 1. The van der Waals surface area contributed by atoms with Gasteiger partial charge in [-0.1, -0.05) is 43.2 Å². The van der Waals surface area contributed by atoms with E-state index in [0.717, 1.165) is 18.6 Å². The Morgan fingerprint density at radius 1 is 1.25 bits per heavy atom. The molecule has 0 heterocycles. The number of hydrogen-bond donors (Lipinski definition) is 2. The van der Waals surface area contributed by atoms with Crippen LogP contribution in [0.5, 0.6) is 0 Å². The minimum Gasteiger partial charge on any atom is -0.378 e. The molecular formula is C22H34N4O2. The molecule has 28 heavy (non-hydrogen) atoms. The highest BCUT2D eigenvalue weighted by Crippen LogP contribution is 2.54. The van der Waals surface area contributed by atoms with Gasteiger partial charge in [0.15, 0.2) is 5.96 Å². The van der Waals surface area contributed by atoms with E-state index in [1.165, 1.54) is 25.7 Å². The first-order valence-corrected chi connectivity index (χ1v) is 10.5. The third-order valence-corrected chi connectivity index (χ3v) is 6.17. The minimum absolute atomic E-state index is 0.0330. The molecule has 2 aliphatic carbocycles. The number of ether oxygens (including phenoxy) is 1. The zero-order chi connectivity index (χ0) is 20.0. The fourth-order valence-electron chi connectivity index (χ4n) is 4.48. The molecule has 0 radical (unpaired) electrons. The molecule has 0 bridgehead atoms. The second-order valence-electron chi connectivity index (χ2n) is 8.11.